The normalized spacial score (nSPS) is 10.9. The Morgan fingerprint density at radius 1 is 1.05 bits per heavy atom. The van der Waals surface area contributed by atoms with Crippen LogP contribution in [0.25, 0.3) is 6.08 Å². The van der Waals surface area contributed by atoms with Crippen molar-refractivity contribution in [3.63, 3.8) is 0 Å². The first-order chi connectivity index (χ1) is 9.99. The van der Waals surface area contributed by atoms with Crippen LogP contribution in [0.5, 0.6) is 0 Å². The molecule has 0 aliphatic rings. The molecule has 21 heavy (non-hydrogen) atoms. The van der Waals surface area contributed by atoms with Crippen molar-refractivity contribution in [3.8, 4) is 0 Å². The zero-order valence-electron chi connectivity index (χ0n) is 10.5. The number of hydrogen-bond donors (Lipinski definition) is 1. The van der Waals surface area contributed by atoms with Crippen molar-refractivity contribution in [2.75, 3.05) is 5.32 Å². The van der Waals surface area contributed by atoms with Gasteiger partial charge in [-0.15, -0.1) is 0 Å². The Morgan fingerprint density at radius 2 is 1.76 bits per heavy atom. The number of anilines is 1. The molecule has 1 amide bonds. The van der Waals surface area contributed by atoms with Crippen LogP contribution >= 0.6 is 11.6 Å². The predicted octanol–water partition coefficient (Wildman–Crippen LogP) is 4.41. The topological polar surface area (TPSA) is 29.1 Å². The van der Waals surface area contributed by atoms with Crippen LogP contribution in [-0.4, -0.2) is 5.91 Å². The Labute approximate surface area is 123 Å². The van der Waals surface area contributed by atoms with Crippen LogP contribution in [0.15, 0.2) is 42.5 Å². The highest BCUT2D eigenvalue weighted by Gasteiger charge is 2.14. The van der Waals surface area contributed by atoms with E-state index in [-0.39, 0.29) is 0 Å². The minimum atomic E-state index is -1.64. The van der Waals surface area contributed by atoms with Crippen molar-refractivity contribution < 1.29 is 18.0 Å². The zero-order valence-corrected chi connectivity index (χ0v) is 11.3. The molecule has 0 heterocycles. The van der Waals surface area contributed by atoms with Gasteiger partial charge in [0, 0.05) is 11.1 Å². The maximum absolute atomic E-state index is 13.4. The van der Waals surface area contributed by atoms with Gasteiger partial charge in [-0.1, -0.05) is 29.8 Å². The fourth-order valence-electron chi connectivity index (χ4n) is 1.57. The number of carbonyl (C=O) groups is 1. The van der Waals surface area contributed by atoms with E-state index in [9.17, 15) is 18.0 Å². The van der Waals surface area contributed by atoms with Gasteiger partial charge in [-0.05, 0) is 29.8 Å². The molecule has 0 aliphatic heterocycles. The molecule has 2 rings (SSSR count). The number of nitrogens with one attached hydrogen (secondary N) is 1. The van der Waals surface area contributed by atoms with Crippen LogP contribution < -0.4 is 5.32 Å². The Hall–Kier alpha value is -2.27. The molecule has 0 aliphatic carbocycles. The summed E-state index contributed by atoms with van der Waals surface area (Å²) in [6.45, 7) is 0. The molecular formula is C15H9ClF3NO. The molecule has 0 fully saturated rings. The van der Waals surface area contributed by atoms with Crippen molar-refractivity contribution in [3.05, 3.63) is 70.5 Å². The summed E-state index contributed by atoms with van der Waals surface area (Å²) in [5.74, 6) is -5.10. The van der Waals surface area contributed by atoms with E-state index in [2.05, 4.69) is 5.32 Å². The number of carbonyl (C=O) groups excluding carboxylic acids is 1. The molecule has 2 nitrogen and oxygen atoms in total. The van der Waals surface area contributed by atoms with Gasteiger partial charge in [-0.25, -0.2) is 13.2 Å². The molecule has 0 radical (unpaired) electrons. The highest BCUT2D eigenvalue weighted by Crippen LogP contribution is 2.20. The van der Waals surface area contributed by atoms with E-state index in [0.717, 1.165) is 18.2 Å². The van der Waals surface area contributed by atoms with E-state index in [1.807, 2.05) is 0 Å². The van der Waals surface area contributed by atoms with Crippen LogP contribution in [-0.2, 0) is 4.79 Å². The minimum Gasteiger partial charge on any atom is -0.320 e. The molecular weight excluding hydrogens is 303 g/mol. The van der Waals surface area contributed by atoms with Crippen LogP contribution in [0.3, 0.4) is 0 Å². The maximum atomic E-state index is 13.4. The van der Waals surface area contributed by atoms with Crippen LogP contribution in [0.4, 0.5) is 18.9 Å². The summed E-state index contributed by atoms with van der Waals surface area (Å²) in [4.78, 5) is 11.6. The summed E-state index contributed by atoms with van der Waals surface area (Å²) in [6.07, 6.45) is 2.54. The number of amides is 1. The van der Waals surface area contributed by atoms with Crippen molar-refractivity contribution in [1.82, 2.24) is 0 Å². The summed E-state index contributed by atoms with van der Waals surface area (Å²) < 4.78 is 39.1. The van der Waals surface area contributed by atoms with Gasteiger partial charge in [0.1, 0.15) is 0 Å². The van der Waals surface area contributed by atoms with E-state index in [4.69, 9.17) is 11.6 Å². The summed E-state index contributed by atoms with van der Waals surface area (Å²) in [7, 11) is 0. The highest BCUT2D eigenvalue weighted by molar-refractivity contribution is 6.32. The molecule has 2 aromatic carbocycles. The third kappa shape index (κ3) is 3.64. The van der Waals surface area contributed by atoms with Crippen molar-refractivity contribution in [2.45, 2.75) is 0 Å². The smallest absolute Gasteiger partial charge is 0.248 e. The lowest BCUT2D eigenvalue weighted by atomic mass is 10.2. The maximum Gasteiger partial charge on any atom is 0.248 e. The fraction of sp³-hybridized carbons (Fsp3) is 0. The lowest BCUT2D eigenvalue weighted by Crippen LogP contribution is -2.10. The Kier molecular flexibility index (Phi) is 4.65. The van der Waals surface area contributed by atoms with E-state index in [1.54, 1.807) is 24.3 Å². The Balaban J connectivity index is 2.13. The molecule has 0 unspecified atom stereocenters. The molecule has 0 aromatic heterocycles. The van der Waals surface area contributed by atoms with Crippen molar-refractivity contribution >= 4 is 29.3 Å². The molecule has 0 spiro atoms. The standard InChI is InChI=1S/C15H9ClF3NO/c16-10-4-2-1-3-9(10)5-8-13(21)20-12-7-6-11(17)14(18)15(12)19/h1-8H,(H,20,21)/b8-5+. The van der Waals surface area contributed by atoms with Gasteiger partial charge in [0.05, 0.1) is 5.69 Å². The molecule has 1 N–H and O–H groups in total. The highest BCUT2D eigenvalue weighted by atomic mass is 35.5. The minimum absolute atomic E-state index is 0.442. The van der Waals surface area contributed by atoms with Gasteiger partial charge in [0.15, 0.2) is 17.5 Å². The van der Waals surface area contributed by atoms with Gasteiger partial charge in [-0.2, -0.15) is 0 Å². The monoisotopic (exact) mass is 311 g/mol. The Bertz CT molecular complexity index is 716. The predicted molar refractivity (Wildman–Crippen MR) is 75.4 cm³/mol. The molecule has 0 atom stereocenters. The lowest BCUT2D eigenvalue weighted by molar-refractivity contribution is -0.111. The summed E-state index contributed by atoms with van der Waals surface area (Å²) in [5, 5.41) is 2.56. The molecule has 6 heteroatoms. The van der Waals surface area contributed by atoms with E-state index >= 15 is 0 Å². The first-order valence-corrected chi connectivity index (χ1v) is 6.24. The van der Waals surface area contributed by atoms with Crippen molar-refractivity contribution in [2.24, 2.45) is 0 Å². The molecule has 0 bridgehead atoms. The quantitative estimate of drug-likeness (QED) is 0.660. The fourth-order valence-corrected chi connectivity index (χ4v) is 1.77. The number of halogens is 4. The SMILES string of the molecule is O=C(/C=C/c1ccccc1Cl)Nc1ccc(F)c(F)c1F. The van der Waals surface area contributed by atoms with E-state index in [0.29, 0.717) is 10.6 Å². The second-order valence-corrected chi connectivity index (χ2v) is 4.47. The van der Waals surface area contributed by atoms with Gasteiger partial charge >= 0.3 is 0 Å². The Morgan fingerprint density at radius 3 is 2.48 bits per heavy atom. The van der Waals surface area contributed by atoms with Gasteiger partial charge in [0.2, 0.25) is 5.91 Å². The molecule has 2 aromatic rings. The van der Waals surface area contributed by atoms with E-state index < -0.39 is 29.0 Å². The van der Waals surface area contributed by atoms with Crippen LogP contribution in [0.1, 0.15) is 5.56 Å². The molecule has 0 saturated carbocycles. The first kappa shape index (κ1) is 15.1. The second-order valence-electron chi connectivity index (χ2n) is 4.07. The third-order valence-electron chi connectivity index (χ3n) is 2.61. The van der Waals surface area contributed by atoms with E-state index in [1.165, 1.54) is 6.08 Å². The lowest BCUT2D eigenvalue weighted by Gasteiger charge is -2.05. The summed E-state index contributed by atoms with van der Waals surface area (Å²) >= 11 is 5.90. The summed E-state index contributed by atoms with van der Waals surface area (Å²) in [6, 6.07) is 8.47. The van der Waals surface area contributed by atoms with Gasteiger partial charge in [0.25, 0.3) is 0 Å². The largest absolute Gasteiger partial charge is 0.320 e. The van der Waals surface area contributed by atoms with Crippen LogP contribution in [0, 0.1) is 17.5 Å². The number of benzene rings is 2. The number of hydrogen-bond acceptors (Lipinski definition) is 1. The van der Waals surface area contributed by atoms with Crippen molar-refractivity contribution in [1.29, 1.82) is 0 Å². The van der Waals surface area contributed by atoms with Gasteiger partial charge in [-0.3, -0.25) is 4.79 Å². The second kappa shape index (κ2) is 6.45. The summed E-state index contributed by atoms with van der Waals surface area (Å²) in [5.41, 5.74) is 0.155. The van der Waals surface area contributed by atoms with Crippen LogP contribution in [0.2, 0.25) is 5.02 Å². The molecule has 0 saturated heterocycles. The molecule has 108 valence electrons. The average Bonchev–Trinajstić information content (AvgIpc) is 2.47. The average molecular weight is 312 g/mol. The zero-order chi connectivity index (χ0) is 15.4. The van der Waals surface area contributed by atoms with Gasteiger partial charge < -0.3 is 5.32 Å². The number of rotatable bonds is 3. The first-order valence-electron chi connectivity index (χ1n) is 5.86. The third-order valence-corrected chi connectivity index (χ3v) is 2.96.